The second-order valence-corrected chi connectivity index (χ2v) is 8.51. The number of likely N-dealkylation sites (N-methyl/N-ethyl adjacent to an activating group) is 1. The molecule has 7 heteroatoms. The zero-order valence-corrected chi connectivity index (χ0v) is 17.7. The van der Waals surface area contributed by atoms with Crippen molar-refractivity contribution >= 4 is 11.8 Å². The van der Waals surface area contributed by atoms with Crippen molar-refractivity contribution in [3.05, 3.63) is 0 Å². The fourth-order valence-electron chi connectivity index (χ4n) is 5.24. The molecule has 3 rings (SSSR count). The van der Waals surface area contributed by atoms with Crippen molar-refractivity contribution < 1.29 is 14.3 Å². The van der Waals surface area contributed by atoms with Gasteiger partial charge in [-0.25, -0.2) is 0 Å². The molecule has 0 radical (unpaired) electrons. The Morgan fingerprint density at radius 2 is 1.71 bits per heavy atom. The lowest BCUT2D eigenvalue weighted by Crippen LogP contribution is -2.58. The van der Waals surface area contributed by atoms with Gasteiger partial charge in [0.25, 0.3) is 0 Å². The molecule has 0 bridgehead atoms. The number of rotatable bonds is 7. The van der Waals surface area contributed by atoms with Crippen LogP contribution in [0.2, 0.25) is 0 Å². The summed E-state index contributed by atoms with van der Waals surface area (Å²) in [5.41, 5.74) is 0. The molecule has 2 aliphatic heterocycles. The van der Waals surface area contributed by atoms with Gasteiger partial charge in [0.15, 0.2) is 0 Å². The van der Waals surface area contributed by atoms with Gasteiger partial charge in [-0.2, -0.15) is 0 Å². The first-order chi connectivity index (χ1) is 13.7. The van der Waals surface area contributed by atoms with Gasteiger partial charge in [0, 0.05) is 46.9 Å². The molecule has 2 unspecified atom stereocenters. The molecular weight excluding hydrogens is 356 g/mol. The first-order valence-corrected chi connectivity index (χ1v) is 11.1. The van der Waals surface area contributed by atoms with E-state index in [1.807, 2.05) is 4.90 Å². The average Bonchev–Trinajstić information content (AvgIpc) is 3.22. The van der Waals surface area contributed by atoms with Gasteiger partial charge in [0.05, 0.1) is 18.7 Å². The van der Waals surface area contributed by atoms with Gasteiger partial charge in [-0.05, 0) is 38.1 Å². The minimum Gasteiger partial charge on any atom is -0.383 e. The van der Waals surface area contributed by atoms with Crippen LogP contribution in [0.25, 0.3) is 0 Å². The molecule has 2 saturated heterocycles. The van der Waals surface area contributed by atoms with E-state index < -0.39 is 0 Å². The minimum atomic E-state index is -0.148. The lowest BCUT2D eigenvalue weighted by atomic mass is 9.82. The third-order valence-electron chi connectivity index (χ3n) is 6.84. The highest BCUT2D eigenvalue weighted by atomic mass is 16.5. The fraction of sp³-hybridized carbons (Fsp3) is 0.905. The first-order valence-electron chi connectivity index (χ1n) is 11.1. The second kappa shape index (κ2) is 10.6. The van der Waals surface area contributed by atoms with Crippen molar-refractivity contribution in [1.29, 1.82) is 0 Å². The van der Waals surface area contributed by atoms with Crippen LogP contribution in [0.1, 0.15) is 44.9 Å². The quantitative estimate of drug-likeness (QED) is 0.696. The number of nitrogens with one attached hydrogen (secondary N) is 1. The number of nitrogens with zero attached hydrogens (tertiary/aromatic N) is 3. The molecule has 160 valence electrons. The van der Waals surface area contributed by atoms with E-state index >= 15 is 0 Å². The number of ether oxygens (including phenoxy) is 1. The molecule has 3 aliphatic rings. The summed E-state index contributed by atoms with van der Waals surface area (Å²) in [5.74, 6) is 0.706. The molecule has 28 heavy (non-hydrogen) atoms. The van der Waals surface area contributed by atoms with E-state index in [1.54, 1.807) is 14.2 Å². The van der Waals surface area contributed by atoms with Crippen molar-refractivity contribution in [2.75, 3.05) is 60.0 Å². The van der Waals surface area contributed by atoms with E-state index in [4.69, 9.17) is 4.74 Å². The molecule has 1 saturated carbocycles. The van der Waals surface area contributed by atoms with Crippen LogP contribution in [0, 0.1) is 5.92 Å². The van der Waals surface area contributed by atoms with Crippen molar-refractivity contribution in [3.8, 4) is 0 Å². The molecule has 2 amide bonds. The Balaban J connectivity index is 1.63. The van der Waals surface area contributed by atoms with Gasteiger partial charge in [-0.1, -0.05) is 19.3 Å². The summed E-state index contributed by atoms with van der Waals surface area (Å²) in [4.78, 5) is 32.8. The van der Waals surface area contributed by atoms with E-state index in [0.717, 1.165) is 71.6 Å². The summed E-state index contributed by atoms with van der Waals surface area (Å²) in [6, 6.07) is -0.278. The van der Waals surface area contributed by atoms with Crippen molar-refractivity contribution in [3.63, 3.8) is 0 Å². The van der Waals surface area contributed by atoms with Crippen molar-refractivity contribution in [2.24, 2.45) is 5.92 Å². The molecule has 0 aromatic carbocycles. The van der Waals surface area contributed by atoms with E-state index in [-0.39, 0.29) is 23.9 Å². The number of hydrogen-bond acceptors (Lipinski definition) is 5. The van der Waals surface area contributed by atoms with Gasteiger partial charge in [-0.15, -0.1) is 0 Å². The van der Waals surface area contributed by atoms with Crippen molar-refractivity contribution in [2.45, 2.75) is 57.0 Å². The van der Waals surface area contributed by atoms with Crippen LogP contribution in [0.4, 0.5) is 0 Å². The second-order valence-electron chi connectivity index (χ2n) is 8.51. The summed E-state index contributed by atoms with van der Waals surface area (Å²) < 4.78 is 5.16. The first kappa shape index (κ1) is 21.5. The average molecular weight is 395 g/mol. The Morgan fingerprint density at radius 1 is 1.00 bits per heavy atom. The zero-order valence-electron chi connectivity index (χ0n) is 17.7. The summed E-state index contributed by atoms with van der Waals surface area (Å²) in [6.07, 6.45) is 7.77. The number of piperazine rings is 1. The third-order valence-corrected chi connectivity index (χ3v) is 6.84. The Kier molecular flexibility index (Phi) is 8.11. The van der Waals surface area contributed by atoms with Crippen LogP contribution in [0.3, 0.4) is 0 Å². The molecule has 2 heterocycles. The normalized spacial score (nSPS) is 26.4. The maximum Gasteiger partial charge on any atom is 0.240 e. The van der Waals surface area contributed by atoms with Crippen LogP contribution in [-0.4, -0.2) is 98.6 Å². The summed E-state index contributed by atoms with van der Waals surface area (Å²) in [7, 11) is 3.45. The van der Waals surface area contributed by atoms with Gasteiger partial charge >= 0.3 is 0 Å². The van der Waals surface area contributed by atoms with E-state index in [1.165, 1.54) is 19.3 Å². The van der Waals surface area contributed by atoms with Gasteiger partial charge in [0.2, 0.25) is 11.8 Å². The zero-order chi connectivity index (χ0) is 19.9. The SMILES string of the molecule is CNC(=O)C(C1CCCCC1)N1CCCC1C(=O)N1CCN(CCOC)CC1. The smallest absolute Gasteiger partial charge is 0.240 e. The van der Waals surface area contributed by atoms with E-state index in [0.29, 0.717) is 5.92 Å². The number of amides is 2. The molecule has 0 aromatic heterocycles. The summed E-state index contributed by atoms with van der Waals surface area (Å²) >= 11 is 0. The van der Waals surface area contributed by atoms with Gasteiger partial charge < -0.3 is 15.0 Å². The van der Waals surface area contributed by atoms with E-state index in [9.17, 15) is 9.59 Å². The topological polar surface area (TPSA) is 65.1 Å². The Hall–Kier alpha value is -1.18. The summed E-state index contributed by atoms with van der Waals surface area (Å²) in [5, 5.41) is 2.88. The van der Waals surface area contributed by atoms with Crippen LogP contribution in [0.15, 0.2) is 0 Å². The predicted octanol–water partition coefficient (Wildman–Crippen LogP) is 0.936. The number of likely N-dealkylation sites (tertiary alicyclic amines) is 1. The van der Waals surface area contributed by atoms with Crippen LogP contribution < -0.4 is 5.32 Å². The highest BCUT2D eigenvalue weighted by molar-refractivity contribution is 5.86. The molecule has 0 aromatic rings. The lowest BCUT2D eigenvalue weighted by Gasteiger charge is -2.41. The monoisotopic (exact) mass is 394 g/mol. The number of carbonyl (C=O) groups excluding carboxylic acids is 2. The Morgan fingerprint density at radius 3 is 2.36 bits per heavy atom. The van der Waals surface area contributed by atoms with Crippen LogP contribution in [-0.2, 0) is 14.3 Å². The van der Waals surface area contributed by atoms with E-state index in [2.05, 4.69) is 15.1 Å². The minimum absolute atomic E-state index is 0.0935. The summed E-state index contributed by atoms with van der Waals surface area (Å²) in [6.45, 7) is 5.89. The third kappa shape index (κ3) is 5.05. The van der Waals surface area contributed by atoms with Crippen LogP contribution in [0.5, 0.6) is 0 Å². The molecular formula is C21H38N4O3. The molecule has 0 spiro atoms. The maximum atomic E-state index is 13.3. The molecule has 7 nitrogen and oxygen atoms in total. The Labute approximate surface area is 169 Å². The van der Waals surface area contributed by atoms with Crippen LogP contribution >= 0.6 is 0 Å². The van der Waals surface area contributed by atoms with Gasteiger partial charge in [0.1, 0.15) is 0 Å². The predicted molar refractivity (Wildman–Crippen MR) is 109 cm³/mol. The largest absolute Gasteiger partial charge is 0.383 e. The number of methoxy groups -OCH3 is 1. The number of carbonyl (C=O) groups is 2. The fourth-order valence-corrected chi connectivity index (χ4v) is 5.24. The molecule has 2 atom stereocenters. The standard InChI is InChI=1S/C21H38N4O3/c1-22-20(26)19(17-7-4-3-5-8-17)25-10-6-9-18(25)21(27)24-13-11-23(12-14-24)15-16-28-2/h17-19H,3-16H2,1-2H3,(H,22,26). The molecule has 3 fully saturated rings. The maximum absolute atomic E-state index is 13.3. The molecule has 1 N–H and O–H groups in total. The van der Waals surface area contributed by atoms with Gasteiger partial charge in [-0.3, -0.25) is 19.4 Å². The Bertz CT molecular complexity index is 516. The molecule has 1 aliphatic carbocycles. The lowest BCUT2D eigenvalue weighted by molar-refractivity contribution is -0.141. The highest BCUT2D eigenvalue weighted by Crippen LogP contribution is 2.33. The highest BCUT2D eigenvalue weighted by Gasteiger charge is 2.43. The van der Waals surface area contributed by atoms with Crippen molar-refractivity contribution in [1.82, 2.24) is 20.0 Å². The number of hydrogen-bond donors (Lipinski definition) is 1.